The Hall–Kier alpha value is -0.420. The maximum absolute atomic E-state index is 11.4. The molecule has 0 aromatic carbocycles. The summed E-state index contributed by atoms with van der Waals surface area (Å²) >= 11 is 0. The van der Waals surface area contributed by atoms with E-state index in [0.717, 1.165) is 0 Å². The Balaban J connectivity index is 0.00000144. The first-order valence-electron chi connectivity index (χ1n) is 3.94. The summed E-state index contributed by atoms with van der Waals surface area (Å²) < 4.78 is 24.2. The highest BCUT2D eigenvalue weighted by Gasteiger charge is 2.21. The summed E-state index contributed by atoms with van der Waals surface area (Å²) in [5.41, 5.74) is 0. The van der Waals surface area contributed by atoms with E-state index in [1.54, 1.807) is 12.4 Å². The fourth-order valence-corrected chi connectivity index (χ4v) is 2.41. The fraction of sp³-hybridized carbons (Fsp3) is 0.714. The molecule has 0 amide bonds. The van der Waals surface area contributed by atoms with E-state index in [1.807, 2.05) is 18.9 Å². The molecule has 78 valence electrons. The van der Waals surface area contributed by atoms with E-state index in [0.29, 0.717) is 13.1 Å². The standard InChI is InChI=1S/C7H14N2O2S.ClH/c1-3-6-12(10,11)9-5-4-8(2)7-9;/h4-5H,3,6-7H2,1-2H3;1H. The second-order valence-corrected chi connectivity index (χ2v) is 4.94. The van der Waals surface area contributed by atoms with Crippen molar-refractivity contribution in [3.63, 3.8) is 0 Å². The van der Waals surface area contributed by atoms with Gasteiger partial charge >= 0.3 is 0 Å². The van der Waals surface area contributed by atoms with Crippen LogP contribution in [0.25, 0.3) is 0 Å². The van der Waals surface area contributed by atoms with Crippen LogP contribution in [0.5, 0.6) is 0 Å². The summed E-state index contributed by atoms with van der Waals surface area (Å²) in [5.74, 6) is 0.227. The maximum atomic E-state index is 11.4. The average molecular weight is 227 g/mol. The largest absolute Gasteiger partial charge is 0.361 e. The SMILES string of the molecule is CCCS(=O)(=O)N1C=CN(C)C1.Cl. The van der Waals surface area contributed by atoms with Gasteiger partial charge < -0.3 is 4.90 Å². The molecule has 6 heteroatoms. The van der Waals surface area contributed by atoms with Gasteiger partial charge in [0.15, 0.2) is 0 Å². The highest BCUT2D eigenvalue weighted by molar-refractivity contribution is 7.89. The summed E-state index contributed by atoms with van der Waals surface area (Å²) in [6.45, 7) is 2.31. The van der Waals surface area contributed by atoms with E-state index in [4.69, 9.17) is 0 Å². The predicted octanol–water partition coefficient (Wildman–Crippen LogP) is 0.824. The maximum Gasteiger partial charge on any atom is 0.236 e. The Kier molecular flexibility index (Phi) is 4.56. The number of rotatable bonds is 3. The predicted molar refractivity (Wildman–Crippen MR) is 54.9 cm³/mol. The molecule has 13 heavy (non-hydrogen) atoms. The first kappa shape index (κ1) is 12.6. The molecule has 0 saturated carbocycles. The van der Waals surface area contributed by atoms with Gasteiger partial charge in [-0.2, -0.15) is 0 Å². The number of halogens is 1. The van der Waals surface area contributed by atoms with Gasteiger partial charge in [-0.1, -0.05) is 6.92 Å². The van der Waals surface area contributed by atoms with Crippen molar-refractivity contribution in [2.24, 2.45) is 0 Å². The summed E-state index contributed by atoms with van der Waals surface area (Å²) in [5, 5.41) is 0. The number of nitrogens with zero attached hydrogens (tertiary/aromatic N) is 2. The minimum Gasteiger partial charge on any atom is -0.361 e. The van der Waals surface area contributed by atoms with Gasteiger partial charge in [-0.15, -0.1) is 12.4 Å². The van der Waals surface area contributed by atoms with Gasteiger partial charge in [0.2, 0.25) is 10.0 Å². The second kappa shape index (κ2) is 4.72. The number of sulfonamides is 1. The zero-order valence-corrected chi connectivity index (χ0v) is 9.44. The lowest BCUT2D eigenvalue weighted by molar-refractivity contribution is 0.385. The monoisotopic (exact) mass is 226 g/mol. The van der Waals surface area contributed by atoms with Crippen LogP contribution in [0.15, 0.2) is 12.4 Å². The lowest BCUT2D eigenvalue weighted by atomic mass is 10.6. The second-order valence-electron chi connectivity index (χ2n) is 2.90. The van der Waals surface area contributed by atoms with Crippen LogP contribution >= 0.6 is 12.4 Å². The van der Waals surface area contributed by atoms with E-state index in [9.17, 15) is 8.42 Å². The van der Waals surface area contributed by atoms with Gasteiger partial charge in [0.1, 0.15) is 6.67 Å². The molecule has 0 bridgehead atoms. The molecule has 1 heterocycles. The lowest BCUT2D eigenvalue weighted by Crippen LogP contribution is -2.30. The summed E-state index contributed by atoms with van der Waals surface area (Å²) in [4.78, 5) is 1.83. The van der Waals surface area contributed by atoms with Crippen LogP contribution < -0.4 is 0 Å². The Morgan fingerprint density at radius 1 is 1.38 bits per heavy atom. The number of hydrogen-bond acceptors (Lipinski definition) is 3. The fourth-order valence-electron chi connectivity index (χ4n) is 1.06. The van der Waals surface area contributed by atoms with Crippen LogP contribution in [-0.4, -0.2) is 37.1 Å². The third-order valence-corrected chi connectivity index (χ3v) is 3.55. The molecule has 1 rings (SSSR count). The van der Waals surface area contributed by atoms with Gasteiger partial charge in [-0.05, 0) is 6.42 Å². The van der Waals surface area contributed by atoms with Gasteiger partial charge in [-0.3, -0.25) is 4.31 Å². The molecule has 0 fully saturated rings. The van der Waals surface area contributed by atoms with Crippen molar-refractivity contribution in [3.8, 4) is 0 Å². The molecular weight excluding hydrogens is 212 g/mol. The zero-order chi connectivity index (χ0) is 9.19. The molecular formula is C7H15ClN2O2S. The topological polar surface area (TPSA) is 40.6 Å². The quantitative estimate of drug-likeness (QED) is 0.716. The smallest absolute Gasteiger partial charge is 0.236 e. The van der Waals surface area contributed by atoms with Crippen LogP contribution in [-0.2, 0) is 10.0 Å². The van der Waals surface area contributed by atoms with Crippen molar-refractivity contribution >= 4 is 22.4 Å². The van der Waals surface area contributed by atoms with Crippen molar-refractivity contribution in [1.29, 1.82) is 0 Å². The molecule has 0 unspecified atom stereocenters. The first-order valence-corrected chi connectivity index (χ1v) is 5.55. The van der Waals surface area contributed by atoms with Gasteiger partial charge in [0.25, 0.3) is 0 Å². The highest BCUT2D eigenvalue weighted by atomic mass is 35.5. The molecule has 4 nitrogen and oxygen atoms in total. The summed E-state index contributed by atoms with van der Waals surface area (Å²) in [6, 6.07) is 0. The third kappa shape index (κ3) is 3.08. The van der Waals surface area contributed by atoms with Gasteiger partial charge in [0, 0.05) is 19.4 Å². The first-order chi connectivity index (χ1) is 5.56. The third-order valence-electron chi connectivity index (χ3n) is 1.67. The molecule has 0 aliphatic carbocycles. The molecule has 0 atom stereocenters. The molecule has 0 spiro atoms. The molecule has 0 saturated heterocycles. The molecule has 0 aromatic heterocycles. The van der Waals surface area contributed by atoms with Crippen molar-refractivity contribution < 1.29 is 8.42 Å². The average Bonchev–Trinajstić information content (AvgIpc) is 2.36. The molecule has 1 aliphatic rings. The normalized spacial score (nSPS) is 16.2. The Labute approximate surface area is 85.7 Å². The van der Waals surface area contributed by atoms with E-state index in [-0.39, 0.29) is 18.2 Å². The Bertz CT molecular complexity index is 276. The zero-order valence-electron chi connectivity index (χ0n) is 7.80. The molecule has 0 N–H and O–H groups in total. The van der Waals surface area contributed by atoms with Crippen molar-refractivity contribution in [1.82, 2.24) is 9.21 Å². The minimum absolute atomic E-state index is 0. The summed E-state index contributed by atoms with van der Waals surface area (Å²) in [6.07, 6.45) is 4.02. The molecule has 1 aliphatic heterocycles. The van der Waals surface area contributed by atoms with Crippen LogP contribution in [0.1, 0.15) is 13.3 Å². The van der Waals surface area contributed by atoms with Gasteiger partial charge in [0.05, 0.1) is 5.75 Å². The minimum atomic E-state index is -3.04. The van der Waals surface area contributed by atoms with Crippen LogP contribution in [0.3, 0.4) is 0 Å². The Morgan fingerprint density at radius 3 is 2.38 bits per heavy atom. The Morgan fingerprint density at radius 2 is 2.00 bits per heavy atom. The summed E-state index contributed by atoms with van der Waals surface area (Å²) in [7, 11) is -1.19. The van der Waals surface area contributed by atoms with E-state index < -0.39 is 10.0 Å². The van der Waals surface area contributed by atoms with Crippen LogP contribution in [0, 0.1) is 0 Å². The van der Waals surface area contributed by atoms with E-state index >= 15 is 0 Å². The van der Waals surface area contributed by atoms with Crippen LogP contribution in [0.2, 0.25) is 0 Å². The van der Waals surface area contributed by atoms with Crippen molar-refractivity contribution in [2.45, 2.75) is 13.3 Å². The molecule has 0 aromatic rings. The number of hydrogen-bond donors (Lipinski definition) is 0. The lowest BCUT2D eigenvalue weighted by Gasteiger charge is -2.17. The molecule has 0 radical (unpaired) electrons. The van der Waals surface area contributed by atoms with E-state index in [1.165, 1.54) is 4.31 Å². The highest BCUT2D eigenvalue weighted by Crippen LogP contribution is 2.10. The van der Waals surface area contributed by atoms with Crippen molar-refractivity contribution in [3.05, 3.63) is 12.4 Å². The van der Waals surface area contributed by atoms with Crippen LogP contribution in [0.4, 0.5) is 0 Å². The van der Waals surface area contributed by atoms with E-state index in [2.05, 4.69) is 0 Å². The van der Waals surface area contributed by atoms with Gasteiger partial charge in [-0.25, -0.2) is 8.42 Å². The van der Waals surface area contributed by atoms with Crippen molar-refractivity contribution in [2.75, 3.05) is 19.5 Å².